The van der Waals surface area contributed by atoms with E-state index < -0.39 is 5.92 Å². The summed E-state index contributed by atoms with van der Waals surface area (Å²) >= 11 is 0. The number of aromatic amines is 2. The number of para-hydroxylation sites is 1. The smallest absolute Gasteiger partial charge is 0.251 e. The fourth-order valence-corrected chi connectivity index (χ4v) is 4.72. The SMILES string of the molecule is FC1(F)CCN(c2cccc3[nH]c(-c4n[nH]c5cnc(-c6cnn(C7CC7)c6)cc45)nc23)CC1. The molecular weight excluding hydrogens is 438 g/mol. The second-order valence-corrected chi connectivity index (χ2v) is 9.23. The predicted molar refractivity (Wildman–Crippen MR) is 125 cm³/mol. The van der Waals surface area contributed by atoms with Crippen molar-refractivity contribution in [3.05, 3.63) is 42.9 Å². The number of nitrogens with zero attached hydrogens (tertiary/aromatic N) is 6. The molecule has 4 aromatic heterocycles. The molecule has 172 valence electrons. The minimum Gasteiger partial charge on any atom is -0.369 e. The standard InChI is InChI=1S/C24H22F2N8/c25-24(26)6-8-33(9-7-24)20-3-1-2-17-22(20)30-23(29-17)21-16-10-18(27-12-19(16)31-32-21)14-11-28-34(13-14)15-4-5-15/h1-3,10-13,15H,4-9H2,(H,29,30)(H,31,32). The molecule has 5 heterocycles. The molecule has 34 heavy (non-hydrogen) atoms. The number of hydrogen-bond donors (Lipinski definition) is 2. The zero-order valence-electron chi connectivity index (χ0n) is 18.3. The van der Waals surface area contributed by atoms with Gasteiger partial charge in [0.1, 0.15) is 11.2 Å². The Morgan fingerprint density at radius 2 is 1.91 bits per heavy atom. The first-order valence-corrected chi connectivity index (χ1v) is 11.5. The summed E-state index contributed by atoms with van der Waals surface area (Å²) in [6.45, 7) is 0.617. The fourth-order valence-electron chi connectivity index (χ4n) is 4.72. The number of hydrogen-bond acceptors (Lipinski definition) is 5. The number of aromatic nitrogens is 7. The molecule has 1 aliphatic heterocycles. The van der Waals surface area contributed by atoms with Gasteiger partial charge in [-0.2, -0.15) is 10.2 Å². The molecule has 1 aliphatic carbocycles. The summed E-state index contributed by atoms with van der Waals surface area (Å²) in [7, 11) is 0. The van der Waals surface area contributed by atoms with Gasteiger partial charge in [-0.1, -0.05) is 6.07 Å². The van der Waals surface area contributed by atoms with Gasteiger partial charge in [0.2, 0.25) is 0 Å². The number of alkyl halides is 2. The fraction of sp³-hybridized carbons (Fsp3) is 0.333. The van der Waals surface area contributed by atoms with E-state index in [4.69, 9.17) is 4.98 Å². The average molecular weight is 460 g/mol. The number of fused-ring (bicyclic) bond motifs is 2. The molecule has 2 fully saturated rings. The van der Waals surface area contributed by atoms with Crippen molar-refractivity contribution in [2.75, 3.05) is 18.0 Å². The minimum atomic E-state index is -2.59. The summed E-state index contributed by atoms with van der Waals surface area (Å²) in [6.07, 6.45) is 7.73. The van der Waals surface area contributed by atoms with Crippen LogP contribution in [0.2, 0.25) is 0 Å². The van der Waals surface area contributed by atoms with Crippen molar-refractivity contribution < 1.29 is 8.78 Å². The van der Waals surface area contributed by atoms with Crippen molar-refractivity contribution in [1.82, 2.24) is 34.9 Å². The third-order valence-corrected chi connectivity index (χ3v) is 6.82. The van der Waals surface area contributed by atoms with E-state index in [0.717, 1.165) is 38.9 Å². The van der Waals surface area contributed by atoms with Gasteiger partial charge in [-0.05, 0) is 31.0 Å². The lowest BCUT2D eigenvalue weighted by Gasteiger charge is -2.33. The van der Waals surface area contributed by atoms with Crippen LogP contribution in [-0.2, 0) is 0 Å². The molecule has 10 heteroatoms. The molecule has 2 aliphatic rings. The lowest BCUT2D eigenvalue weighted by atomic mass is 10.1. The van der Waals surface area contributed by atoms with E-state index in [-0.39, 0.29) is 12.8 Å². The van der Waals surface area contributed by atoms with Gasteiger partial charge in [-0.15, -0.1) is 0 Å². The zero-order valence-corrected chi connectivity index (χ0v) is 18.3. The maximum Gasteiger partial charge on any atom is 0.251 e. The van der Waals surface area contributed by atoms with Gasteiger partial charge in [0, 0.05) is 43.1 Å². The maximum atomic E-state index is 13.7. The summed E-state index contributed by atoms with van der Waals surface area (Å²) in [5.74, 6) is -1.96. The molecular formula is C24H22F2N8. The normalized spacial score (nSPS) is 18.2. The minimum absolute atomic E-state index is 0.141. The molecule has 0 amide bonds. The first kappa shape index (κ1) is 19.6. The van der Waals surface area contributed by atoms with Crippen molar-refractivity contribution in [1.29, 1.82) is 0 Å². The molecule has 7 rings (SSSR count). The summed E-state index contributed by atoms with van der Waals surface area (Å²) in [6, 6.07) is 8.33. The molecule has 1 saturated carbocycles. The van der Waals surface area contributed by atoms with Crippen LogP contribution < -0.4 is 4.90 Å². The topological polar surface area (TPSA) is 91.3 Å². The number of nitrogens with one attached hydrogen (secondary N) is 2. The highest BCUT2D eigenvalue weighted by molar-refractivity contribution is 5.96. The second kappa shape index (κ2) is 7.09. The third kappa shape index (κ3) is 3.24. The van der Waals surface area contributed by atoms with Crippen LogP contribution >= 0.6 is 0 Å². The highest BCUT2D eigenvalue weighted by atomic mass is 19.3. The Hall–Kier alpha value is -3.82. The lowest BCUT2D eigenvalue weighted by molar-refractivity contribution is -0.0220. The Morgan fingerprint density at radius 1 is 1.06 bits per heavy atom. The number of H-pyrrole nitrogens is 2. The summed E-state index contributed by atoms with van der Waals surface area (Å²) in [5.41, 5.74) is 5.78. The third-order valence-electron chi connectivity index (χ3n) is 6.82. The maximum absolute atomic E-state index is 13.7. The van der Waals surface area contributed by atoms with Crippen LogP contribution in [0.3, 0.4) is 0 Å². The zero-order chi connectivity index (χ0) is 22.9. The molecule has 0 spiro atoms. The largest absolute Gasteiger partial charge is 0.369 e. The number of pyridine rings is 1. The summed E-state index contributed by atoms with van der Waals surface area (Å²) in [5, 5.41) is 12.9. The van der Waals surface area contributed by atoms with E-state index in [1.165, 1.54) is 12.8 Å². The van der Waals surface area contributed by atoms with E-state index >= 15 is 0 Å². The van der Waals surface area contributed by atoms with E-state index in [9.17, 15) is 8.78 Å². The van der Waals surface area contributed by atoms with Crippen molar-refractivity contribution in [3.8, 4) is 22.8 Å². The van der Waals surface area contributed by atoms with Gasteiger partial charge in [0.05, 0.1) is 40.9 Å². The van der Waals surface area contributed by atoms with Crippen LogP contribution in [-0.4, -0.2) is 53.9 Å². The summed E-state index contributed by atoms with van der Waals surface area (Å²) in [4.78, 5) is 14.8. The van der Waals surface area contributed by atoms with Gasteiger partial charge in [-0.25, -0.2) is 13.8 Å². The highest BCUT2D eigenvalue weighted by Crippen LogP contribution is 2.37. The van der Waals surface area contributed by atoms with Crippen LogP contribution in [0.4, 0.5) is 14.5 Å². The number of benzene rings is 1. The first-order chi connectivity index (χ1) is 16.5. The van der Waals surface area contributed by atoms with E-state index in [1.807, 2.05) is 46.2 Å². The Kier molecular flexibility index (Phi) is 4.09. The Labute approximate surface area is 193 Å². The van der Waals surface area contributed by atoms with Gasteiger partial charge in [-0.3, -0.25) is 14.8 Å². The quantitative estimate of drug-likeness (QED) is 0.397. The van der Waals surface area contributed by atoms with E-state index in [1.54, 1.807) is 6.20 Å². The van der Waals surface area contributed by atoms with Gasteiger partial charge >= 0.3 is 0 Å². The number of imidazole rings is 1. The summed E-state index contributed by atoms with van der Waals surface area (Å²) < 4.78 is 29.4. The van der Waals surface area contributed by atoms with Crippen LogP contribution in [0.25, 0.3) is 44.7 Å². The van der Waals surface area contributed by atoms with Crippen molar-refractivity contribution >= 4 is 27.6 Å². The number of anilines is 1. The molecule has 0 radical (unpaired) electrons. The van der Waals surface area contributed by atoms with Crippen LogP contribution in [0.1, 0.15) is 31.7 Å². The molecule has 1 aromatic carbocycles. The molecule has 2 N–H and O–H groups in total. The van der Waals surface area contributed by atoms with Gasteiger partial charge in [0.25, 0.3) is 5.92 Å². The van der Waals surface area contributed by atoms with E-state index in [0.29, 0.717) is 30.6 Å². The van der Waals surface area contributed by atoms with E-state index in [2.05, 4.69) is 25.3 Å². The van der Waals surface area contributed by atoms with Crippen LogP contribution in [0.15, 0.2) is 42.9 Å². The molecule has 0 bridgehead atoms. The second-order valence-electron chi connectivity index (χ2n) is 9.23. The number of piperidine rings is 1. The number of rotatable bonds is 4. The molecule has 1 saturated heterocycles. The van der Waals surface area contributed by atoms with Gasteiger partial charge in [0.15, 0.2) is 5.82 Å². The van der Waals surface area contributed by atoms with Crippen molar-refractivity contribution in [2.45, 2.75) is 37.6 Å². The first-order valence-electron chi connectivity index (χ1n) is 11.5. The predicted octanol–water partition coefficient (Wildman–Crippen LogP) is 4.94. The Balaban J connectivity index is 1.27. The molecule has 5 aromatic rings. The Morgan fingerprint density at radius 3 is 2.74 bits per heavy atom. The van der Waals surface area contributed by atoms with Crippen molar-refractivity contribution in [3.63, 3.8) is 0 Å². The average Bonchev–Trinajstić information content (AvgIpc) is 3.22. The molecule has 0 atom stereocenters. The van der Waals surface area contributed by atoms with Gasteiger partial charge < -0.3 is 9.88 Å². The monoisotopic (exact) mass is 460 g/mol. The van der Waals surface area contributed by atoms with Crippen LogP contribution in [0, 0.1) is 0 Å². The Bertz CT molecular complexity index is 1520. The van der Waals surface area contributed by atoms with Crippen LogP contribution in [0.5, 0.6) is 0 Å². The molecule has 8 nitrogen and oxygen atoms in total. The van der Waals surface area contributed by atoms with Crippen molar-refractivity contribution in [2.24, 2.45) is 0 Å². The lowest BCUT2D eigenvalue weighted by Crippen LogP contribution is -2.39. The highest BCUT2D eigenvalue weighted by Gasteiger charge is 2.34. The molecule has 0 unspecified atom stereocenters. The number of halogens is 2.